The Bertz CT molecular complexity index is 2040. The molecule has 46 heavy (non-hydrogen) atoms. The van der Waals surface area contributed by atoms with E-state index in [2.05, 4.69) is 117 Å². The normalized spacial score (nSPS) is 11.4. The Hall–Kier alpha value is -5.45. The fraction of sp³-hybridized carbons (Fsp3) is 0.0714. The van der Waals surface area contributed by atoms with Gasteiger partial charge in [0.25, 0.3) is 0 Å². The van der Waals surface area contributed by atoms with Crippen molar-refractivity contribution in [2.24, 2.45) is 0 Å². The maximum atomic E-state index is 5.04. The molecule has 0 fully saturated rings. The molecule has 6 aromatic carbocycles. The fourth-order valence-corrected chi connectivity index (χ4v) is 6.87. The highest BCUT2D eigenvalue weighted by Gasteiger charge is 2.17. The van der Waals surface area contributed by atoms with Crippen molar-refractivity contribution in [3.63, 3.8) is 0 Å². The molecule has 4 heteroatoms. The molecule has 7 rings (SSSR count). The van der Waals surface area contributed by atoms with Crippen LogP contribution in [0, 0.1) is 0 Å². The van der Waals surface area contributed by atoms with E-state index in [1.807, 2.05) is 60.7 Å². The summed E-state index contributed by atoms with van der Waals surface area (Å²) >= 11 is 0. The van der Waals surface area contributed by atoms with E-state index < -0.39 is 8.07 Å². The summed E-state index contributed by atoms with van der Waals surface area (Å²) in [6.07, 6.45) is 0. The van der Waals surface area contributed by atoms with Gasteiger partial charge in [0.2, 0.25) is 0 Å². The van der Waals surface area contributed by atoms with E-state index in [1.54, 1.807) is 0 Å². The van der Waals surface area contributed by atoms with Crippen molar-refractivity contribution >= 4 is 13.3 Å². The zero-order valence-electron chi connectivity index (χ0n) is 26.4. The predicted molar refractivity (Wildman–Crippen MR) is 195 cm³/mol. The molecule has 0 saturated carbocycles. The van der Waals surface area contributed by atoms with Crippen molar-refractivity contribution in [3.8, 4) is 67.5 Å². The Kier molecular flexibility index (Phi) is 7.96. The zero-order chi connectivity index (χ0) is 31.5. The van der Waals surface area contributed by atoms with E-state index in [4.69, 9.17) is 15.0 Å². The Labute approximate surface area is 272 Å². The average molecular weight is 610 g/mol. The first-order valence-corrected chi connectivity index (χ1v) is 19.2. The predicted octanol–water partition coefficient (Wildman–Crippen LogP) is 10.4. The quantitative estimate of drug-likeness (QED) is 0.169. The standard InChI is InChI=1S/C42H35N3Si/c1-46(2,3)39-24-22-31(23-25-39)34-20-13-21-35(26-34)37-27-36(30-14-7-4-8-15-30)28-38(29-37)42-44-40(32-16-9-5-10-17-32)43-41(45-42)33-18-11-6-12-19-33/h4-29H,1-3H3. The van der Waals surface area contributed by atoms with Crippen LogP contribution in [-0.2, 0) is 0 Å². The third-order valence-electron chi connectivity index (χ3n) is 8.28. The lowest BCUT2D eigenvalue weighted by atomic mass is 9.94. The molecule has 1 aromatic heterocycles. The van der Waals surface area contributed by atoms with Crippen molar-refractivity contribution in [3.05, 3.63) is 158 Å². The van der Waals surface area contributed by atoms with Crippen LogP contribution >= 0.6 is 0 Å². The second-order valence-corrected chi connectivity index (χ2v) is 17.7. The lowest BCUT2D eigenvalue weighted by Crippen LogP contribution is -2.37. The molecule has 0 aliphatic carbocycles. The van der Waals surface area contributed by atoms with Gasteiger partial charge in [-0.15, -0.1) is 0 Å². The maximum Gasteiger partial charge on any atom is 0.164 e. The van der Waals surface area contributed by atoms with Crippen LogP contribution in [0.2, 0.25) is 19.6 Å². The largest absolute Gasteiger partial charge is 0.208 e. The van der Waals surface area contributed by atoms with Crippen LogP contribution in [0.4, 0.5) is 0 Å². The van der Waals surface area contributed by atoms with Gasteiger partial charge in [-0.05, 0) is 57.6 Å². The van der Waals surface area contributed by atoms with E-state index in [-0.39, 0.29) is 0 Å². The lowest BCUT2D eigenvalue weighted by molar-refractivity contribution is 1.07. The van der Waals surface area contributed by atoms with Crippen molar-refractivity contribution in [2.75, 3.05) is 0 Å². The van der Waals surface area contributed by atoms with E-state index in [1.165, 1.54) is 16.3 Å². The van der Waals surface area contributed by atoms with E-state index in [9.17, 15) is 0 Å². The Morgan fingerprint density at radius 1 is 0.304 bits per heavy atom. The van der Waals surface area contributed by atoms with Crippen LogP contribution in [0.3, 0.4) is 0 Å². The molecule has 0 bridgehead atoms. The molecule has 0 amide bonds. The molecule has 0 N–H and O–H groups in total. The average Bonchev–Trinajstić information content (AvgIpc) is 3.12. The van der Waals surface area contributed by atoms with E-state index >= 15 is 0 Å². The number of nitrogens with zero attached hydrogens (tertiary/aromatic N) is 3. The molecule has 0 spiro atoms. The van der Waals surface area contributed by atoms with Gasteiger partial charge in [-0.2, -0.15) is 0 Å². The fourth-order valence-electron chi connectivity index (χ4n) is 5.70. The molecular formula is C42H35N3Si. The van der Waals surface area contributed by atoms with Gasteiger partial charge in [0.05, 0.1) is 8.07 Å². The molecule has 0 radical (unpaired) electrons. The van der Waals surface area contributed by atoms with Gasteiger partial charge in [0.15, 0.2) is 17.5 Å². The summed E-state index contributed by atoms with van der Waals surface area (Å²) in [6.45, 7) is 7.16. The molecule has 0 saturated heterocycles. The van der Waals surface area contributed by atoms with Gasteiger partial charge in [-0.25, -0.2) is 15.0 Å². The van der Waals surface area contributed by atoms with Crippen molar-refractivity contribution < 1.29 is 0 Å². The third kappa shape index (κ3) is 6.34. The van der Waals surface area contributed by atoms with Crippen LogP contribution in [0.15, 0.2) is 158 Å². The second kappa shape index (κ2) is 12.5. The molecule has 1 heterocycles. The molecule has 0 unspecified atom stereocenters. The summed E-state index contributed by atoms with van der Waals surface area (Å²) < 4.78 is 0. The van der Waals surface area contributed by atoms with Crippen LogP contribution in [0.25, 0.3) is 67.5 Å². The highest BCUT2D eigenvalue weighted by molar-refractivity contribution is 6.88. The van der Waals surface area contributed by atoms with Crippen LogP contribution in [-0.4, -0.2) is 23.0 Å². The molecule has 222 valence electrons. The number of hydrogen-bond acceptors (Lipinski definition) is 3. The monoisotopic (exact) mass is 609 g/mol. The van der Waals surface area contributed by atoms with Gasteiger partial charge in [-0.3, -0.25) is 0 Å². The highest BCUT2D eigenvalue weighted by atomic mass is 28.3. The maximum absolute atomic E-state index is 5.04. The van der Waals surface area contributed by atoms with E-state index in [0.717, 1.165) is 38.9 Å². The second-order valence-electron chi connectivity index (χ2n) is 12.6. The Morgan fingerprint density at radius 2 is 0.652 bits per heavy atom. The highest BCUT2D eigenvalue weighted by Crippen LogP contribution is 2.34. The first-order chi connectivity index (χ1) is 22.4. The van der Waals surface area contributed by atoms with Crippen molar-refractivity contribution in [1.29, 1.82) is 0 Å². The zero-order valence-corrected chi connectivity index (χ0v) is 27.4. The molecular weight excluding hydrogens is 575 g/mol. The first-order valence-electron chi connectivity index (χ1n) is 15.7. The van der Waals surface area contributed by atoms with Gasteiger partial charge in [0.1, 0.15) is 0 Å². The summed E-state index contributed by atoms with van der Waals surface area (Å²) in [6, 6.07) is 55.4. The Balaban J connectivity index is 1.38. The first kappa shape index (κ1) is 29.3. The lowest BCUT2D eigenvalue weighted by Gasteiger charge is -2.17. The smallest absolute Gasteiger partial charge is 0.164 e. The summed E-state index contributed by atoms with van der Waals surface area (Å²) in [5, 5.41) is 1.47. The number of aromatic nitrogens is 3. The van der Waals surface area contributed by atoms with Gasteiger partial charge in [-0.1, -0.05) is 158 Å². The molecule has 7 aromatic rings. The molecule has 0 atom stereocenters. The van der Waals surface area contributed by atoms with Crippen LogP contribution in [0.1, 0.15) is 0 Å². The minimum absolute atomic E-state index is 0.643. The van der Waals surface area contributed by atoms with Gasteiger partial charge < -0.3 is 0 Å². The van der Waals surface area contributed by atoms with Crippen molar-refractivity contribution in [1.82, 2.24) is 15.0 Å². The molecule has 3 nitrogen and oxygen atoms in total. The minimum atomic E-state index is -1.37. The number of hydrogen-bond donors (Lipinski definition) is 0. The van der Waals surface area contributed by atoms with E-state index in [0.29, 0.717) is 17.5 Å². The van der Waals surface area contributed by atoms with Crippen LogP contribution < -0.4 is 5.19 Å². The van der Waals surface area contributed by atoms with Gasteiger partial charge in [0, 0.05) is 16.7 Å². The molecule has 0 aliphatic rings. The number of benzene rings is 6. The topological polar surface area (TPSA) is 38.7 Å². The van der Waals surface area contributed by atoms with Crippen molar-refractivity contribution in [2.45, 2.75) is 19.6 Å². The van der Waals surface area contributed by atoms with Crippen LogP contribution in [0.5, 0.6) is 0 Å². The number of rotatable bonds is 7. The minimum Gasteiger partial charge on any atom is -0.208 e. The summed E-state index contributed by atoms with van der Waals surface area (Å²) in [5.41, 5.74) is 9.78. The summed E-state index contributed by atoms with van der Waals surface area (Å²) in [5.74, 6) is 1.95. The third-order valence-corrected chi connectivity index (χ3v) is 10.3. The Morgan fingerprint density at radius 3 is 1.15 bits per heavy atom. The summed E-state index contributed by atoms with van der Waals surface area (Å²) in [7, 11) is -1.37. The SMILES string of the molecule is C[Si](C)(C)c1ccc(-c2cccc(-c3cc(-c4ccccc4)cc(-c4nc(-c5ccccc5)nc(-c5ccccc5)n4)c3)c2)cc1. The van der Waals surface area contributed by atoms with Gasteiger partial charge >= 0.3 is 0 Å². The molecule has 0 aliphatic heterocycles. The summed E-state index contributed by atoms with van der Waals surface area (Å²) in [4.78, 5) is 15.0.